The van der Waals surface area contributed by atoms with Gasteiger partial charge in [0.15, 0.2) is 5.82 Å². The molecule has 0 aliphatic heterocycles. The fourth-order valence-corrected chi connectivity index (χ4v) is 8.39. The van der Waals surface area contributed by atoms with Gasteiger partial charge in [-0.15, -0.1) is 0 Å². The van der Waals surface area contributed by atoms with Gasteiger partial charge in [-0.1, -0.05) is 127 Å². The quantitative estimate of drug-likeness (QED) is 0.195. The van der Waals surface area contributed by atoms with Gasteiger partial charge in [0.1, 0.15) is 0 Å². The van der Waals surface area contributed by atoms with Crippen molar-refractivity contribution in [3.05, 3.63) is 192 Å². The lowest BCUT2D eigenvalue weighted by Gasteiger charge is -2.32. The fourth-order valence-electron chi connectivity index (χ4n) is 8.39. The second-order valence-electron chi connectivity index (χ2n) is 13.1. The smallest absolute Gasteiger partial charge is 0.160 e. The largest absolute Gasteiger partial charge is 0.264 e. The second-order valence-corrected chi connectivity index (χ2v) is 13.1. The van der Waals surface area contributed by atoms with Gasteiger partial charge in [0.2, 0.25) is 0 Å². The maximum absolute atomic E-state index is 5.30. The molecule has 1 spiro atoms. The first kappa shape index (κ1) is 27.9. The summed E-state index contributed by atoms with van der Waals surface area (Å²) in [5, 5.41) is 0. The van der Waals surface area contributed by atoms with Crippen LogP contribution in [0.1, 0.15) is 35.1 Å². The summed E-state index contributed by atoms with van der Waals surface area (Å²) in [6.45, 7) is 0. The zero-order chi connectivity index (χ0) is 32.4. The number of rotatable bonds is 4. The summed E-state index contributed by atoms with van der Waals surface area (Å²) in [6, 6.07) is 50.1. The first-order valence-electron chi connectivity index (χ1n) is 17.0. The summed E-state index contributed by atoms with van der Waals surface area (Å²) in [7, 11) is 0. The molecule has 5 aromatic carbocycles. The van der Waals surface area contributed by atoms with Crippen LogP contribution >= 0.6 is 0 Å². The number of allylic oxidation sites excluding steroid dienone is 4. The molecule has 3 heteroatoms. The SMILES string of the molecule is C1=CC2=C(CC1)c1ccccc1C21c2ccccc2-c2ccc(-c3nc(-c4ccccc4)cc(-c4cccc(-c5cccnc5)c4)n3)cc21. The van der Waals surface area contributed by atoms with E-state index in [9.17, 15) is 0 Å². The van der Waals surface area contributed by atoms with Crippen molar-refractivity contribution in [2.45, 2.75) is 18.3 Å². The fraction of sp³-hybridized carbons (Fsp3) is 0.0652. The monoisotopic (exact) mass is 625 g/mol. The van der Waals surface area contributed by atoms with E-state index in [4.69, 9.17) is 9.97 Å². The van der Waals surface area contributed by atoms with Gasteiger partial charge >= 0.3 is 0 Å². The van der Waals surface area contributed by atoms with E-state index in [2.05, 4.69) is 145 Å². The lowest BCUT2D eigenvalue weighted by molar-refractivity contribution is 0.780. The zero-order valence-electron chi connectivity index (χ0n) is 26.8. The molecule has 2 aromatic heterocycles. The Morgan fingerprint density at radius 3 is 2.02 bits per heavy atom. The Labute approximate surface area is 286 Å². The Hall–Kier alpha value is -6.19. The molecule has 0 N–H and O–H groups in total. The predicted molar refractivity (Wildman–Crippen MR) is 199 cm³/mol. The van der Waals surface area contributed by atoms with Crippen LogP contribution in [0.4, 0.5) is 0 Å². The third-order valence-corrected chi connectivity index (χ3v) is 10.5. The molecule has 1 atom stereocenters. The molecule has 0 saturated heterocycles. The summed E-state index contributed by atoms with van der Waals surface area (Å²) < 4.78 is 0. The topological polar surface area (TPSA) is 38.7 Å². The minimum atomic E-state index is -0.372. The third-order valence-electron chi connectivity index (χ3n) is 10.5. The van der Waals surface area contributed by atoms with Crippen LogP contribution in [-0.4, -0.2) is 15.0 Å². The number of hydrogen-bond acceptors (Lipinski definition) is 3. The highest BCUT2D eigenvalue weighted by Gasteiger charge is 2.52. The van der Waals surface area contributed by atoms with Crippen LogP contribution in [0.15, 0.2) is 170 Å². The maximum atomic E-state index is 5.30. The molecule has 1 unspecified atom stereocenters. The van der Waals surface area contributed by atoms with Gasteiger partial charge in [-0.25, -0.2) is 9.97 Å². The van der Waals surface area contributed by atoms with Gasteiger partial charge < -0.3 is 0 Å². The first-order valence-corrected chi connectivity index (χ1v) is 17.0. The number of nitrogens with zero attached hydrogens (tertiary/aromatic N) is 3. The molecule has 7 aromatic rings. The molecule has 0 bridgehead atoms. The Bertz CT molecular complexity index is 2490. The van der Waals surface area contributed by atoms with Crippen LogP contribution in [-0.2, 0) is 5.41 Å². The van der Waals surface area contributed by atoms with E-state index in [0.717, 1.165) is 57.9 Å². The standard InChI is InChI=1S/C46H31N3/c1-2-12-30(13-3-1)43-28-44(32-15-10-14-31(26-32)34-16-11-25-47-29-34)49-45(48-43)33-23-24-38-37-19-6-9-22-41(37)46(42(38)27-33)39-20-7-4-17-35(39)36-18-5-8-21-40(36)46/h1-4,6-17,19-29H,5,18H2. The number of hydrogen-bond donors (Lipinski definition) is 0. The van der Waals surface area contributed by atoms with E-state index >= 15 is 0 Å². The molecule has 3 aliphatic carbocycles. The molecule has 49 heavy (non-hydrogen) atoms. The van der Waals surface area contributed by atoms with E-state index in [0.29, 0.717) is 0 Å². The van der Waals surface area contributed by atoms with Crippen molar-refractivity contribution >= 4 is 5.57 Å². The molecule has 0 fully saturated rings. The van der Waals surface area contributed by atoms with Gasteiger partial charge in [-0.2, -0.15) is 0 Å². The van der Waals surface area contributed by atoms with Crippen molar-refractivity contribution in [2.24, 2.45) is 0 Å². The third kappa shape index (κ3) is 4.19. The Balaban J connectivity index is 1.20. The van der Waals surface area contributed by atoms with Crippen molar-refractivity contribution in [1.29, 1.82) is 0 Å². The number of pyridine rings is 1. The summed E-state index contributed by atoms with van der Waals surface area (Å²) in [6.07, 6.45) is 10.6. The Morgan fingerprint density at radius 1 is 0.490 bits per heavy atom. The molecule has 230 valence electrons. The number of aromatic nitrogens is 3. The minimum absolute atomic E-state index is 0.372. The van der Waals surface area contributed by atoms with Crippen molar-refractivity contribution < 1.29 is 0 Å². The highest BCUT2D eigenvalue weighted by Crippen LogP contribution is 2.63. The molecule has 0 radical (unpaired) electrons. The van der Waals surface area contributed by atoms with E-state index in [1.54, 1.807) is 0 Å². The summed E-state index contributed by atoms with van der Waals surface area (Å²) in [5.74, 6) is 0.719. The predicted octanol–water partition coefficient (Wildman–Crippen LogP) is 11.0. The molecule has 0 saturated carbocycles. The van der Waals surface area contributed by atoms with Crippen LogP contribution in [0.5, 0.6) is 0 Å². The number of fused-ring (bicyclic) bond motifs is 9. The molecule has 3 nitrogen and oxygen atoms in total. The van der Waals surface area contributed by atoms with E-state index in [1.165, 1.54) is 44.5 Å². The van der Waals surface area contributed by atoms with Crippen molar-refractivity contribution in [3.8, 4) is 56.2 Å². The van der Waals surface area contributed by atoms with Gasteiger partial charge in [0.25, 0.3) is 0 Å². The van der Waals surface area contributed by atoms with Gasteiger partial charge in [0.05, 0.1) is 16.8 Å². The number of benzene rings is 5. The van der Waals surface area contributed by atoms with Crippen LogP contribution in [0.3, 0.4) is 0 Å². The molecule has 0 amide bonds. The molecular weight excluding hydrogens is 595 g/mol. The minimum Gasteiger partial charge on any atom is -0.264 e. The highest BCUT2D eigenvalue weighted by atomic mass is 14.9. The average molecular weight is 626 g/mol. The molecular formula is C46H31N3. The van der Waals surface area contributed by atoms with Gasteiger partial charge in [-0.05, 0) is 87.2 Å². The summed E-state index contributed by atoms with van der Waals surface area (Å²) in [4.78, 5) is 14.9. The lowest BCUT2D eigenvalue weighted by atomic mass is 9.69. The molecule has 10 rings (SSSR count). The average Bonchev–Trinajstić information content (AvgIpc) is 3.66. The van der Waals surface area contributed by atoms with Gasteiger partial charge in [-0.3, -0.25) is 4.98 Å². The normalized spacial score (nSPS) is 16.7. The molecule has 2 heterocycles. The Morgan fingerprint density at radius 2 is 1.18 bits per heavy atom. The second kappa shape index (κ2) is 10.9. The van der Waals surface area contributed by atoms with E-state index in [-0.39, 0.29) is 5.41 Å². The van der Waals surface area contributed by atoms with E-state index in [1.807, 2.05) is 24.5 Å². The first-order chi connectivity index (χ1) is 24.3. The van der Waals surface area contributed by atoms with Gasteiger partial charge in [0, 0.05) is 34.6 Å². The highest BCUT2D eigenvalue weighted by molar-refractivity contribution is 5.96. The molecule has 3 aliphatic rings. The lowest BCUT2D eigenvalue weighted by Crippen LogP contribution is -2.27. The van der Waals surface area contributed by atoms with Crippen molar-refractivity contribution in [1.82, 2.24) is 15.0 Å². The van der Waals surface area contributed by atoms with Crippen molar-refractivity contribution in [2.75, 3.05) is 0 Å². The zero-order valence-corrected chi connectivity index (χ0v) is 26.8. The van der Waals surface area contributed by atoms with Crippen molar-refractivity contribution in [3.63, 3.8) is 0 Å². The van der Waals surface area contributed by atoms with E-state index < -0.39 is 0 Å². The Kier molecular flexibility index (Phi) is 6.22. The van der Waals surface area contributed by atoms with Crippen LogP contribution in [0.2, 0.25) is 0 Å². The van der Waals surface area contributed by atoms with Crippen LogP contribution < -0.4 is 0 Å². The van der Waals surface area contributed by atoms with Crippen LogP contribution in [0, 0.1) is 0 Å². The maximum Gasteiger partial charge on any atom is 0.160 e. The summed E-state index contributed by atoms with van der Waals surface area (Å²) >= 11 is 0. The van der Waals surface area contributed by atoms with Crippen LogP contribution in [0.25, 0.3) is 61.7 Å². The summed E-state index contributed by atoms with van der Waals surface area (Å²) in [5.41, 5.74) is 17.6.